The molecule has 20 heavy (non-hydrogen) atoms. The maximum absolute atomic E-state index is 10.4. The normalized spacial score (nSPS) is 18.4. The van der Waals surface area contributed by atoms with Gasteiger partial charge in [0.25, 0.3) is 0 Å². The highest BCUT2D eigenvalue weighted by Gasteiger charge is 2.20. The van der Waals surface area contributed by atoms with Crippen molar-refractivity contribution < 1.29 is 5.11 Å². The summed E-state index contributed by atoms with van der Waals surface area (Å²) in [6.45, 7) is 6.44. The van der Waals surface area contributed by atoms with Crippen LogP contribution in [0, 0.1) is 6.92 Å². The van der Waals surface area contributed by atoms with Crippen molar-refractivity contribution in [1.29, 1.82) is 0 Å². The summed E-state index contributed by atoms with van der Waals surface area (Å²) in [5.41, 5.74) is 2.29. The predicted molar refractivity (Wildman–Crippen MR) is 84.9 cm³/mol. The molecule has 1 aromatic rings. The number of rotatable bonds is 6. The van der Waals surface area contributed by atoms with Gasteiger partial charge >= 0.3 is 0 Å². The fraction of sp³-hybridized carbons (Fsp3) is 0.667. The Morgan fingerprint density at radius 3 is 2.55 bits per heavy atom. The van der Waals surface area contributed by atoms with Crippen LogP contribution in [0.4, 0.5) is 0 Å². The first kappa shape index (κ1) is 15.5. The highest BCUT2D eigenvalue weighted by atomic mass is 16.3. The standard InChI is InChI=1S/C18H29NO/c1-3-19(16-10-5-4-6-11-16)14-13-18(20)17-12-8-7-9-15(17)2/h7-9,12,16,18,20H,3-6,10-11,13-14H2,1-2H3. The minimum absolute atomic E-state index is 0.325. The fourth-order valence-electron chi connectivity index (χ4n) is 3.45. The molecule has 0 aliphatic heterocycles. The molecule has 1 aliphatic carbocycles. The van der Waals surface area contributed by atoms with E-state index in [0.717, 1.165) is 31.1 Å². The molecule has 0 saturated heterocycles. The number of hydrogen-bond acceptors (Lipinski definition) is 2. The predicted octanol–water partition coefficient (Wildman–Crippen LogP) is 4.07. The summed E-state index contributed by atoms with van der Waals surface area (Å²) < 4.78 is 0. The van der Waals surface area contributed by atoms with Crippen LogP contribution in [0.3, 0.4) is 0 Å². The summed E-state index contributed by atoms with van der Waals surface area (Å²) in [4.78, 5) is 2.57. The third-order valence-electron chi connectivity index (χ3n) is 4.73. The Morgan fingerprint density at radius 1 is 1.20 bits per heavy atom. The number of aryl methyl sites for hydroxylation is 1. The van der Waals surface area contributed by atoms with Crippen LogP contribution in [-0.2, 0) is 0 Å². The Balaban J connectivity index is 1.87. The largest absolute Gasteiger partial charge is 0.388 e. The summed E-state index contributed by atoms with van der Waals surface area (Å²) >= 11 is 0. The monoisotopic (exact) mass is 275 g/mol. The maximum atomic E-state index is 10.4. The van der Waals surface area contributed by atoms with E-state index in [0.29, 0.717) is 0 Å². The number of aliphatic hydroxyl groups excluding tert-OH is 1. The molecule has 2 nitrogen and oxygen atoms in total. The van der Waals surface area contributed by atoms with Crippen molar-refractivity contribution in [2.45, 2.75) is 64.5 Å². The fourth-order valence-corrected chi connectivity index (χ4v) is 3.45. The molecule has 0 amide bonds. The first-order valence-electron chi connectivity index (χ1n) is 8.20. The summed E-state index contributed by atoms with van der Waals surface area (Å²) in [5, 5.41) is 10.4. The van der Waals surface area contributed by atoms with Gasteiger partial charge < -0.3 is 10.0 Å². The quantitative estimate of drug-likeness (QED) is 0.846. The van der Waals surface area contributed by atoms with Crippen molar-refractivity contribution in [2.75, 3.05) is 13.1 Å². The molecule has 1 unspecified atom stereocenters. The van der Waals surface area contributed by atoms with E-state index in [1.54, 1.807) is 0 Å². The molecule has 112 valence electrons. The SMILES string of the molecule is CCN(CCC(O)c1ccccc1C)C1CCCCC1. The van der Waals surface area contributed by atoms with E-state index >= 15 is 0 Å². The Bertz CT molecular complexity index is 398. The second kappa shape index (κ2) is 7.80. The van der Waals surface area contributed by atoms with E-state index in [1.807, 2.05) is 12.1 Å². The van der Waals surface area contributed by atoms with Crippen LogP contribution in [0.25, 0.3) is 0 Å². The van der Waals surface area contributed by atoms with Crippen molar-refractivity contribution in [3.8, 4) is 0 Å². The molecule has 0 radical (unpaired) electrons. The van der Waals surface area contributed by atoms with E-state index in [-0.39, 0.29) is 6.10 Å². The van der Waals surface area contributed by atoms with Gasteiger partial charge in [0.1, 0.15) is 0 Å². The highest BCUT2D eigenvalue weighted by Crippen LogP contribution is 2.25. The first-order valence-corrected chi connectivity index (χ1v) is 8.20. The molecule has 1 atom stereocenters. The van der Waals surface area contributed by atoms with E-state index < -0.39 is 0 Å². The summed E-state index contributed by atoms with van der Waals surface area (Å²) in [6, 6.07) is 8.93. The molecular formula is C18H29NO. The van der Waals surface area contributed by atoms with Gasteiger partial charge in [-0.2, -0.15) is 0 Å². The molecule has 1 aromatic carbocycles. The van der Waals surface area contributed by atoms with Gasteiger partial charge in [0.15, 0.2) is 0 Å². The Hall–Kier alpha value is -0.860. The lowest BCUT2D eigenvalue weighted by Gasteiger charge is -2.34. The topological polar surface area (TPSA) is 23.5 Å². The number of nitrogens with zero attached hydrogens (tertiary/aromatic N) is 1. The molecule has 0 aromatic heterocycles. The second-order valence-corrected chi connectivity index (χ2v) is 6.08. The molecule has 0 spiro atoms. The molecule has 1 fully saturated rings. The van der Waals surface area contributed by atoms with Gasteiger partial charge in [0.05, 0.1) is 6.10 Å². The molecule has 0 bridgehead atoms. The average molecular weight is 275 g/mol. The van der Waals surface area contributed by atoms with Gasteiger partial charge in [-0.25, -0.2) is 0 Å². The van der Waals surface area contributed by atoms with Crippen molar-refractivity contribution in [3.05, 3.63) is 35.4 Å². The third-order valence-corrected chi connectivity index (χ3v) is 4.73. The van der Waals surface area contributed by atoms with Crippen molar-refractivity contribution in [2.24, 2.45) is 0 Å². The molecular weight excluding hydrogens is 246 g/mol. The molecule has 1 N–H and O–H groups in total. The van der Waals surface area contributed by atoms with Gasteiger partial charge in [0.2, 0.25) is 0 Å². The minimum atomic E-state index is -0.325. The highest BCUT2D eigenvalue weighted by molar-refractivity contribution is 5.27. The Morgan fingerprint density at radius 2 is 1.90 bits per heavy atom. The molecule has 0 heterocycles. The third kappa shape index (κ3) is 4.07. The van der Waals surface area contributed by atoms with Gasteiger partial charge in [-0.3, -0.25) is 0 Å². The Labute approximate surface area is 123 Å². The maximum Gasteiger partial charge on any atom is 0.0804 e. The molecule has 2 heteroatoms. The first-order chi connectivity index (χ1) is 9.72. The van der Waals surface area contributed by atoms with Gasteiger partial charge in [-0.1, -0.05) is 50.5 Å². The summed E-state index contributed by atoms with van der Waals surface area (Å²) in [7, 11) is 0. The van der Waals surface area contributed by atoms with Gasteiger partial charge in [0, 0.05) is 12.6 Å². The van der Waals surface area contributed by atoms with Crippen LogP contribution in [-0.4, -0.2) is 29.1 Å². The van der Waals surface area contributed by atoms with Crippen molar-refractivity contribution in [1.82, 2.24) is 4.90 Å². The van der Waals surface area contributed by atoms with Crippen LogP contribution in [0.2, 0.25) is 0 Å². The minimum Gasteiger partial charge on any atom is -0.388 e. The van der Waals surface area contributed by atoms with E-state index in [1.165, 1.54) is 37.7 Å². The summed E-state index contributed by atoms with van der Waals surface area (Å²) in [5.74, 6) is 0. The smallest absolute Gasteiger partial charge is 0.0804 e. The number of benzene rings is 1. The van der Waals surface area contributed by atoms with Crippen LogP contribution < -0.4 is 0 Å². The van der Waals surface area contributed by atoms with E-state index in [2.05, 4.69) is 30.9 Å². The molecule has 1 aliphatic rings. The van der Waals surface area contributed by atoms with Crippen LogP contribution in [0.1, 0.15) is 62.7 Å². The number of hydrogen-bond donors (Lipinski definition) is 1. The zero-order valence-corrected chi connectivity index (χ0v) is 13.0. The zero-order chi connectivity index (χ0) is 14.4. The lowest BCUT2D eigenvalue weighted by atomic mass is 9.93. The van der Waals surface area contributed by atoms with Crippen molar-refractivity contribution in [3.63, 3.8) is 0 Å². The van der Waals surface area contributed by atoms with Crippen LogP contribution in [0.15, 0.2) is 24.3 Å². The average Bonchev–Trinajstić information content (AvgIpc) is 2.49. The van der Waals surface area contributed by atoms with Crippen LogP contribution >= 0.6 is 0 Å². The zero-order valence-electron chi connectivity index (χ0n) is 13.0. The van der Waals surface area contributed by atoms with Crippen molar-refractivity contribution >= 4 is 0 Å². The van der Waals surface area contributed by atoms with Gasteiger partial charge in [-0.05, 0) is 43.9 Å². The lowest BCUT2D eigenvalue weighted by molar-refractivity contribution is 0.112. The number of aliphatic hydroxyl groups is 1. The molecule has 2 rings (SSSR count). The Kier molecular flexibility index (Phi) is 6.06. The van der Waals surface area contributed by atoms with Crippen LogP contribution in [0.5, 0.6) is 0 Å². The summed E-state index contributed by atoms with van der Waals surface area (Å²) in [6.07, 6.45) is 7.36. The van der Waals surface area contributed by atoms with Gasteiger partial charge in [-0.15, -0.1) is 0 Å². The second-order valence-electron chi connectivity index (χ2n) is 6.08. The molecule has 1 saturated carbocycles. The lowest BCUT2D eigenvalue weighted by Crippen LogP contribution is -2.37. The van der Waals surface area contributed by atoms with E-state index in [9.17, 15) is 5.11 Å². The van der Waals surface area contributed by atoms with E-state index in [4.69, 9.17) is 0 Å².